The van der Waals surface area contributed by atoms with Gasteiger partial charge in [0.1, 0.15) is 5.01 Å². The van der Waals surface area contributed by atoms with E-state index in [2.05, 4.69) is 11.8 Å². The Kier molecular flexibility index (Phi) is 4.95. The predicted molar refractivity (Wildman–Crippen MR) is 77.4 cm³/mol. The van der Waals surface area contributed by atoms with Crippen molar-refractivity contribution in [2.24, 2.45) is 0 Å². The number of nitrogens with zero attached hydrogens (tertiary/aromatic N) is 2. The van der Waals surface area contributed by atoms with E-state index in [9.17, 15) is 5.11 Å². The maximum atomic E-state index is 10.3. The van der Waals surface area contributed by atoms with Crippen LogP contribution < -0.4 is 0 Å². The molecule has 1 aliphatic rings. The number of aliphatic hydroxyl groups is 1. The Hall–Kier alpha value is -0.490. The van der Waals surface area contributed by atoms with Crippen molar-refractivity contribution >= 4 is 11.3 Å². The summed E-state index contributed by atoms with van der Waals surface area (Å²) in [4.78, 5) is 8.13. The molecule has 0 radical (unpaired) electrons. The lowest BCUT2D eigenvalue weighted by atomic mass is 10.0. The highest BCUT2D eigenvalue weighted by Gasteiger charge is 2.25. The molecule has 0 aliphatic carbocycles. The number of aryl methyl sites for hydroxylation is 1. The second-order valence-electron chi connectivity index (χ2n) is 5.58. The highest BCUT2D eigenvalue weighted by atomic mass is 32.1. The number of rotatable bonds is 5. The van der Waals surface area contributed by atoms with Gasteiger partial charge in [-0.05, 0) is 20.3 Å². The monoisotopic (exact) mass is 284 g/mol. The molecule has 1 N–H and O–H groups in total. The van der Waals surface area contributed by atoms with Gasteiger partial charge in [0.05, 0.1) is 35.9 Å². The number of hydrogen-bond donors (Lipinski definition) is 1. The fourth-order valence-corrected chi connectivity index (χ4v) is 3.46. The molecule has 1 fully saturated rings. The van der Waals surface area contributed by atoms with Crippen LogP contribution in [-0.2, 0) is 23.3 Å². The van der Waals surface area contributed by atoms with Crippen molar-refractivity contribution in [3.8, 4) is 0 Å². The molecule has 0 unspecified atom stereocenters. The number of ether oxygens (including phenoxy) is 1. The molecule has 5 heteroatoms. The Labute approximate surface area is 119 Å². The summed E-state index contributed by atoms with van der Waals surface area (Å²) >= 11 is 1.66. The first-order valence-corrected chi connectivity index (χ1v) is 7.84. The maximum Gasteiger partial charge on any atom is 0.107 e. The zero-order valence-electron chi connectivity index (χ0n) is 12.1. The summed E-state index contributed by atoms with van der Waals surface area (Å²) in [6.07, 6.45) is 2.00. The van der Waals surface area contributed by atoms with E-state index in [0.717, 1.165) is 61.3 Å². The van der Waals surface area contributed by atoms with Crippen molar-refractivity contribution < 1.29 is 9.84 Å². The lowest BCUT2D eigenvalue weighted by molar-refractivity contribution is 0.0341. The first-order chi connectivity index (χ1) is 9.00. The molecule has 19 heavy (non-hydrogen) atoms. The summed E-state index contributed by atoms with van der Waals surface area (Å²) in [5, 5.41) is 11.4. The van der Waals surface area contributed by atoms with Crippen molar-refractivity contribution in [3.63, 3.8) is 0 Å². The maximum absolute atomic E-state index is 10.3. The Balaban J connectivity index is 2.12. The molecule has 4 nitrogen and oxygen atoms in total. The molecule has 0 atom stereocenters. The third-order valence-electron chi connectivity index (χ3n) is 3.25. The molecule has 1 aromatic rings. The van der Waals surface area contributed by atoms with Gasteiger partial charge in [0, 0.05) is 13.1 Å². The van der Waals surface area contributed by atoms with Gasteiger partial charge in [-0.2, -0.15) is 0 Å². The topological polar surface area (TPSA) is 45.6 Å². The van der Waals surface area contributed by atoms with Crippen LogP contribution in [0.5, 0.6) is 0 Å². The highest BCUT2D eigenvalue weighted by Crippen LogP contribution is 2.31. The average molecular weight is 284 g/mol. The number of thiazole rings is 1. The van der Waals surface area contributed by atoms with Gasteiger partial charge >= 0.3 is 0 Å². The van der Waals surface area contributed by atoms with E-state index >= 15 is 0 Å². The van der Waals surface area contributed by atoms with Crippen LogP contribution in [0.2, 0.25) is 0 Å². The van der Waals surface area contributed by atoms with Crippen LogP contribution >= 0.6 is 11.3 Å². The third kappa shape index (κ3) is 3.99. The van der Waals surface area contributed by atoms with Gasteiger partial charge in [0.25, 0.3) is 0 Å². The summed E-state index contributed by atoms with van der Waals surface area (Å²) in [7, 11) is 0. The van der Waals surface area contributed by atoms with Crippen LogP contribution in [0, 0.1) is 0 Å². The van der Waals surface area contributed by atoms with Gasteiger partial charge in [-0.3, -0.25) is 4.90 Å². The van der Waals surface area contributed by atoms with Gasteiger partial charge in [-0.15, -0.1) is 11.3 Å². The van der Waals surface area contributed by atoms with Crippen molar-refractivity contribution in [3.05, 3.63) is 15.6 Å². The van der Waals surface area contributed by atoms with E-state index in [4.69, 9.17) is 9.72 Å². The first kappa shape index (κ1) is 14.9. The van der Waals surface area contributed by atoms with Crippen LogP contribution in [0.3, 0.4) is 0 Å². The minimum atomic E-state index is -0.786. The molecule has 2 rings (SSSR count). The lowest BCUT2D eigenvalue weighted by Gasteiger charge is -2.25. The van der Waals surface area contributed by atoms with Gasteiger partial charge in [0.15, 0.2) is 0 Å². The van der Waals surface area contributed by atoms with Gasteiger partial charge < -0.3 is 9.84 Å². The number of hydrogen-bond acceptors (Lipinski definition) is 5. The van der Waals surface area contributed by atoms with Crippen LogP contribution in [0.25, 0.3) is 0 Å². The quantitative estimate of drug-likeness (QED) is 0.900. The zero-order valence-corrected chi connectivity index (χ0v) is 12.9. The zero-order chi connectivity index (χ0) is 13.9. The summed E-state index contributed by atoms with van der Waals surface area (Å²) in [6, 6.07) is 0. The van der Waals surface area contributed by atoms with Crippen molar-refractivity contribution in [1.82, 2.24) is 9.88 Å². The molecule has 0 aromatic carbocycles. The average Bonchev–Trinajstić information content (AvgIpc) is 2.74. The Morgan fingerprint density at radius 1 is 1.37 bits per heavy atom. The molecule has 0 spiro atoms. The van der Waals surface area contributed by atoms with E-state index in [1.54, 1.807) is 11.3 Å². The SMILES string of the molecule is CCCc1nc(CN2CCOCC2)sc1C(C)(C)O. The molecular formula is C14H24N2O2S. The van der Waals surface area contributed by atoms with E-state index < -0.39 is 5.60 Å². The first-order valence-electron chi connectivity index (χ1n) is 7.02. The molecule has 1 aliphatic heterocycles. The minimum Gasteiger partial charge on any atom is -0.385 e. The Morgan fingerprint density at radius 2 is 2.05 bits per heavy atom. The lowest BCUT2D eigenvalue weighted by Crippen LogP contribution is -2.35. The summed E-state index contributed by atoms with van der Waals surface area (Å²) < 4.78 is 5.36. The number of morpholine rings is 1. The van der Waals surface area contributed by atoms with Crippen molar-refractivity contribution in [1.29, 1.82) is 0 Å². The summed E-state index contributed by atoms with van der Waals surface area (Å²) in [5.41, 5.74) is 0.286. The number of aromatic nitrogens is 1. The van der Waals surface area contributed by atoms with Gasteiger partial charge in [-0.1, -0.05) is 13.3 Å². The van der Waals surface area contributed by atoms with Crippen LogP contribution in [-0.4, -0.2) is 41.3 Å². The van der Waals surface area contributed by atoms with Crippen LogP contribution in [0.4, 0.5) is 0 Å². The molecule has 2 heterocycles. The summed E-state index contributed by atoms with van der Waals surface area (Å²) in [5.74, 6) is 0. The smallest absolute Gasteiger partial charge is 0.107 e. The third-order valence-corrected chi connectivity index (χ3v) is 4.64. The van der Waals surface area contributed by atoms with Gasteiger partial charge in [-0.25, -0.2) is 4.98 Å². The van der Waals surface area contributed by atoms with Gasteiger partial charge in [0.2, 0.25) is 0 Å². The fourth-order valence-electron chi connectivity index (χ4n) is 2.30. The molecule has 0 bridgehead atoms. The minimum absolute atomic E-state index is 0.786. The molecule has 108 valence electrons. The van der Waals surface area contributed by atoms with E-state index in [1.165, 1.54) is 0 Å². The molecule has 0 amide bonds. The van der Waals surface area contributed by atoms with Crippen LogP contribution in [0.15, 0.2) is 0 Å². The van der Waals surface area contributed by atoms with Crippen LogP contribution in [0.1, 0.15) is 42.8 Å². The second-order valence-corrected chi connectivity index (χ2v) is 6.66. The standard InChI is InChI=1S/C14H24N2O2S/c1-4-5-11-13(14(2,3)17)19-12(15-11)10-16-6-8-18-9-7-16/h17H,4-10H2,1-3H3. The molecule has 1 saturated heterocycles. The molecule has 1 aromatic heterocycles. The fraction of sp³-hybridized carbons (Fsp3) is 0.786. The molecular weight excluding hydrogens is 260 g/mol. The Morgan fingerprint density at radius 3 is 2.63 bits per heavy atom. The van der Waals surface area contributed by atoms with E-state index in [1.807, 2.05) is 13.8 Å². The second kappa shape index (κ2) is 6.31. The summed E-state index contributed by atoms with van der Waals surface area (Å²) in [6.45, 7) is 10.3. The normalized spacial score (nSPS) is 17.9. The van der Waals surface area contributed by atoms with E-state index in [-0.39, 0.29) is 0 Å². The highest BCUT2D eigenvalue weighted by molar-refractivity contribution is 7.11. The van der Waals surface area contributed by atoms with Crippen molar-refractivity contribution in [2.45, 2.75) is 45.8 Å². The van der Waals surface area contributed by atoms with E-state index in [0.29, 0.717) is 0 Å². The van der Waals surface area contributed by atoms with Crippen molar-refractivity contribution in [2.75, 3.05) is 26.3 Å². The predicted octanol–water partition coefficient (Wildman–Crippen LogP) is 2.16. The Bertz CT molecular complexity index is 406. The largest absolute Gasteiger partial charge is 0.385 e. The molecule has 0 saturated carbocycles.